The van der Waals surface area contributed by atoms with E-state index in [1.807, 2.05) is 0 Å². The Bertz CT molecular complexity index is 1130. The number of rotatable bonds is 2. The molecule has 1 amide bonds. The highest BCUT2D eigenvalue weighted by Gasteiger charge is 2.18. The average molecular weight is 328 g/mol. The molecule has 0 radical (unpaired) electrons. The van der Waals surface area contributed by atoms with Gasteiger partial charge in [-0.3, -0.25) is 9.36 Å². The van der Waals surface area contributed by atoms with E-state index in [4.69, 9.17) is 5.73 Å². The van der Waals surface area contributed by atoms with Crippen LogP contribution in [-0.2, 0) is 0 Å². The smallest absolute Gasteiger partial charge is 0.253 e. The maximum absolute atomic E-state index is 13.8. The zero-order valence-electron chi connectivity index (χ0n) is 12.0. The van der Waals surface area contributed by atoms with Gasteiger partial charge in [-0.2, -0.15) is 0 Å². The van der Waals surface area contributed by atoms with Crippen LogP contribution in [0.25, 0.3) is 27.9 Å². The van der Waals surface area contributed by atoms with Crippen LogP contribution in [0.1, 0.15) is 10.4 Å². The zero-order chi connectivity index (χ0) is 17.0. The molecule has 0 aliphatic heterocycles. The van der Waals surface area contributed by atoms with E-state index < -0.39 is 17.5 Å². The number of nitrogens with two attached hydrogens (primary N) is 1. The number of aromatic hydroxyl groups is 1. The van der Waals surface area contributed by atoms with Gasteiger partial charge in [-0.25, -0.2) is 13.8 Å². The lowest BCUT2D eigenvalue weighted by atomic mass is 10.1. The van der Waals surface area contributed by atoms with E-state index in [0.717, 1.165) is 6.07 Å². The number of imidazole rings is 1. The van der Waals surface area contributed by atoms with Crippen molar-refractivity contribution in [2.45, 2.75) is 0 Å². The van der Waals surface area contributed by atoms with E-state index in [2.05, 4.69) is 9.97 Å². The summed E-state index contributed by atoms with van der Waals surface area (Å²) < 4.78 is 28.7. The summed E-state index contributed by atoms with van der Waals surface area (Å²) >= 11 is 0. The molecule has 4 aromatic rings. The minimum Gasteiger partial charge on any atom is -0.506 e. The third kappa shape index (κ3) is 1.93. The Morgan fingerprint density at radius 3 is 2.79 bits per heavy atom. The maximum Gasteiger partial charge on any atom is 0.253 e. The number of primary amides is 1. The molecule has 2 aromatic carbocycles. The number of nitrogens with one attached hydrogen (secondary N) is 1. The molecule has 4 N–H and O–H groups in total. The lowest BCUT2D eigenvalue weighted by molar-refractivity contribution is 0.0998. The van der Waals surface area contributed by atoms with Gasteiger partial charge in [0.05, 0.1) is 17.2 Å². The fraction of sp³-hybridized carbons (Fsp3) is 0. The number of amides is 1. The van der Waals surface area contributed by atoms with Crippen molar-refractivity contribution in [2.75, 3.05) is 0 Å². The summed E-state index contributed by atoms with van der Waals surface area (Å²) in [5, 5.41) is 10.3. The van der Waals surface area contributed by atoms with Crippen molar-refractivity contribution in [3.05, 3.63) is 53.7 Å². The largest absolute Gasteiger partial charge is 0.506 e. The molecule has 0 spiro atoms. The summed E-state index contributed by atoms with van der Waals surface area (Å²) in [7, 11) is 0. The summed E-state index contributed by atoms with van der Waals surface area (Å²) in [6, 6.07) is 6.46. The Balaban J connectivity index is 2.01. The van der Waals surface area contributed by atoms with E-state index in [0.29, 0.717) is 16.4 Å². The SMILES string of the molecule is NC(=O)c1c(F)ccc2[nH]c(-n3cc(O)c4cc(F)ccc43)nc12. The molecule has 2 aromatic heterocycles. The van der Waals surface area contributed by atoms with Gasteiger partial charge in [0, 0.05) is 5.39 Å². The van der Waals surface area contributed by atoms with Crippen molar-refractivity contribution >= 4 is 27.8 Å². The summed E-state index contributed by atoms with van der Waals surface area (Å²) in [5.41, 5.74) is 5.89. The summed E-state index contributed by atoms with van der Waals surface area (Å²) in [4.78, 5) is 18.6. The van der Waals surface area contributed by atoms with Gasteiger partial charge < -0.3 is 15.8 Å². The van der Waals surface area contributed by atoms with E-state index in [-0.39, 0.29) is 22.8 Å². The predicted octanol–water partition coefficient (Wildman–Crippen LogP) is 2.59. The van der Waals surface area contributed by atoms with Crippen LogP contribution in [0.5, 0.6) is 5.75 Å². The number of aromatic nitrogens is 3. The Hall–Kier alpha value is -3.42. The van der Waals surface area contributed by atoms with Crippen molar-refractivity contribution in [3.63, 3.8) is 0 Å². The van der Waals surface area contributed by atoms with Crippen LogP contribution in [0.4, 0.5) is 8.78 Å². The predicted molar refractivity (Wildman–Crippen MR) is 83.0 cm³/mol. The third-order valence-electron chi connectivity index (χ3n) is 3.81. The summed E-state index contributed by atoms with van der Waals surface area (Å²) in [6.45, 7) is 0. The average Bonchev–Trinajstić information content (AvgIpc) is 3.08. The standard InChI is InChI=1S/C16H10F2N4O2/c17-7-1-4-11-8(5-7)12(23)6-22(11)16-20-10-3-2-9(18)13(15(19)24)14(10)21-16/h1-6,23H,(H2,19,24)(H,20,21). The monoisotopic (exact) mass is 328 g/mol. The second kappa shape index (κ2) is 4.79. The normalized spacial score (nSPS) is 11.4. The Morgan fingerprint density at radius 2 is 2.04 bits per heavy atom. The van der Waals surface area contributed by atoms with Crippen molar-refractivity contribution in [3.8, 4) is 11.7 Å². The van der Waals surface area contributed by atoms with Gasteiger partial charge in [0.1, 0.15) is 28.5 Å². The van der Waals surface area contributed by atoms with Gasteiger partial charge in [0.15, 0.2) is 0 Å². The highest BCUT2D eigenvalue weighted by atomic mass is 19.1. The first-order chi connectivity index (χ1) is 11.5. The summed E-state index contributed by atoms with van der Waals surface area (Å²) in [5.74, 6) is -2.09. The first kappa shape index (κ1) is 14.2. The van der Waals surface area contributed by atoms with Gasteiger partial charge in [-0.05, 0) is 30.3 Å². The number of carbonyl (C=O) groups excluding carboxylic acids is 1. The van der Waals surface area contributed by atoms with E-state index in [1.54, 1.807) is 0 Å². The molecular formula is C16H10F2N4O2. The minimum atomic E-state index is -0.932. The number of nitrogens with zero attached hydrogens (tertiary/aromatic N) is 2. The van der Waals surface area contributed by atoms with Crippen molar-refractivity contribution in [1.29, 1.82) is 0 Å². The first-order valence-electron chi connectivity index (χ1n) is 6.93. The Morgan fingerprint density at radius 1 is 1.25 bits per heavy atom. The van der Waals surface area contributed by atoms with E-state index >= 15 is 0 Å². The zero-order valence-corrected chi connectivity index (χ0v) is 12.0. The molecule has 120 valence electrons. The Kier molecular flexibility index (Phi) is 2.83. The second-order valence-electron chi connectivity index (χ2n) is 5.29. The number of halogens is 2. The molecular weight excluding hydrogens is 318 g/mol. The third-order valence-corrected chi connectivity index (χ3v) is 3.81. The molecule has 24 heavy (non-hydrogen) atoms. The van der Waals surface area contributed by atoms with Gasteiger partial charge in [-0.1, -0.05) is 0 Å². The molecule has 0 saturated carbocycles. The van der Waals surface area contributed by atoms with Crippen molar-refractivity contribution in [1.82, 2.24) is 14.5 Å². The molecule has 2 heterocycles. The first-order valence-corrected chi connectivity index (χ1v) is 6.93. The van der Waals surface area contributed by atoms with Crippen LogP contribution in [0.2, 0.25) is 0 Å². The molecule has 0 bridgehead atoms. The maximum atomic E-state index is 13.8. The number of H-pyrrole nitrogens is 1. The molecule has 4 rings (SSSR count). The highest BCUT2D eigenvalue weighted by Crippen LogP contribution is 2.30. The van der Waals surface area contributed by atoms with Gasteiger partial charge in [0.25, 0.3) is 5.91 Å². The molecule has 0 saturated heterocycles. The number of carbonyl (C=O) groups is 1. The van der Waals surface area contributed by atoms with Crippen LogP contribution in [0, 0.1) is 11.6 Å². The topological polar surface area (TPSA) is 96.9 Å². The molecule has 6 nitrogen and oxygen atoms in total. The molecule has 0 atom stereocenters. The van der Waals surface area contributed by atoms with Gasteiger partial charge in [0.2, 0.25) is 5.95 Å². The molecule has 0 fully saturated rings. The van der Waals surface area contributed by atoms with E-state index in [9.17, 15) is 18.7 Å². The van der Waals surface area contributed by atoms with Crippen LogP contribution in [0.3, 0.4) is 0 Å². The van der Waals surface area contributed by atoms with Gasteiger partial charge >= 0.3 is 0 Å². The van der Waals surface area contributed by atoms with Gasteiger partial charge in [-0.15, -0.1) is 0 Å². The molecule has 8 heteroatoms. The number of benzene rings is 2. The fourth-order valence-electron chi connectivity index (χ4n) is 2.75. The lowest BCUT2D eigenvalue weighted by Gasteiger charge is -1.99. The fourth-order valence-corrected chi connectivity index (χ4v) is 2.75. The minimum absolute atomic E-state index is 0.0842. The van der Waals surface area contributed by atoms with Crippen LogP contribution in [0.15, 0.2) is 36.5 Å². The quantitative estimate of drug-likeness (QED) is 0.527. The van der Waals surface area contributed by atoms with Crippen LogP contribution >= 0.6 is 0 Å². The van der Waals surface area contributed by atoms with Crippen LogP contribution < -0.4 is 5.73 Å². The van der Waals surface area contributed by atoms with Crippen molar-refractivity contribution in [2.24, 2.45) is 5.73 Å². The van der Waals surface area contributed by atoms with E-state index in [1.165, 1.54) is 35.0 Å². The summed E-state index contributed by atoms with van der Waals surface area (Å²) in [6.07, 6.45) is 1.35. The van der Waals surface area contributed by atoms with Crippen LogP contribution in [-0.4, -0.2) is 25.5 Å². The number of hydrogen-bond donors (Lipinski definition) is 3. The Labute approximate surface area is 133 Å². The molecule has 0 aliphatic carbocycles. The number of aromatic amines is 1. The molecule has 0 aliphatic rings. The lowest BCUT2D eigenvalue weighted by Crippen LogP contribution is -2.13. The number of fused-ring (bicyclic) bond motifs is 2. The highest BCUT2D eigenvalue weighted by molar-refractivity contribution is 6.04. The van der Waals surface area contributed by atoms with Crippen molar-refractivity contribution < 1.29 is 18.7 Å². The number of hydrogen-bond acceptors (Lipinski definition) is 3. The second-order valence-corrected chi connectivity index (χ2v) is 5.29. The molecule has 0 unspecified atom stereocenters.